The lowest BCUT2D eigenvalue weighted by molar-refractivity contribution is 0.148. The van der Waals surface area contributed by atoms with Crippen LogP contribution in [-0.2, 0) is 9.47 Å². The molecule has 1 aliphatic heterocycles. The summed E-state index contributed by atoms with van der Waals surface area (Å²) < 4.78 is 8.97. The molecule has 0 N–H and O–H groups in total. The van der Waals surface area contributed by atoms with Crippen molar-refractivity contribution >= 4 is 29.5 Å². The van der Waals surface area contributed by atoms with Gasteiger partial charge in [0.05, 0.1) is 14.2 Å². The van der Waals surface area contributed by atoms with Crippen LogP contribution in [0.25, 0.3) is 0 Å². The summed E-state index contributed by atoms with van der Waals surface area (Å²) in [5, 5.41) is 0.115. The second-order valence-corrected chi connectivity index (χ2v) is 2.89. The van der Waals surface area contributed by atoms with E-state index in [1.54, 1.807) is 0 Å². The first kappa shape index (κ1) is 10.7. The molecule has 0 aromatic heterocycles. The minimum absolute atomic E-state index is 0.115. The molecule has 78 valence electrons. The van der Waals surface area contributed by atoms with E-state index in [0.29, 0.717) is 13.1 Å². The van der Waals surface area contributed by atoms with E-state index in [1.807, 2.05) is 0 Å². The highest BCUT2D eigenvalue weighted by molar-refractivity contribution is 7.80. The second kappa shape index (κ2) is 4.23. The number of amides is 2. The number of thiocarbonyl (C=S) groups is 1. The normalized spacial score (nSPS) is 15.7. The average molecular weight is 218 g/mol. The molecule has 0 bridgehead atoms. The minimum Gasteiger partial charge on any atom is -0.452 e. The molecule has 1 saturated heterocycles. The Labute approximate surface area is 86.4 Å². The number of carbonyl (C=O) groups excluding carboxylic acids is 2. The Bertz CT molecular complexity index is 255. The fraction of sp³-hybridized carbons (Fsp3) is 0.571. The Morgan fingerprint density at radius 2 is 1.50 bits per heavy atom. The summed E-state index contributed by atoms with van der Waals surface area (Å²) in [6, 6.07) is 0. The van der Waals surface area contributed by atoms with Gasteiger partial charge in [-0.3, -0.25) is 9.80 Å². The van der Waals surface area contributed by atoms with Crippen molar-refractivity contribution in [1.29, 1.82) is 0 Å². The number of rotatable bonds is 0. The Morgan fingerprint density at radius 1 is 1.14 bits per heavy atom. The first-order chi connectivity index (χ1) is 6.61. The third kappa shape index (κ3) is 1.77. The first-order valence-corrected chi connectivity index (χ1v) is 4.27. The lowest BCUT2D eigenvalue weighted by atomic mass is 10.6. The molecule has 2 amide bonds. The number of nitrogens with zero attached hydrogens (tertiary/aromatic N) is 2. The zero-order valence-corrected chi connectivity index (χ0v) is 8.67. The van der Waals surface area contributed by atoms with E-state index >= 15 is 0 Å². The van der Waals surface area contributed by atoms with Gasteiger partial charge in [-0.2, -0.15) is 0 Å². The Morgan fingerprint density at radius 3 is 1.79 bits per heavy atom. The summed E-state index contributed by atoms with van der Waals surface area (Å²) >= 11 is 4.90. The molecule has 6 nitrogen and oxygen atoms in total. The van der Waals surface area contributed by atoms with Crippen LogP contribution in [0.1, 0.15) is 0 Å². The van der Waals surface area contributed by atoms with Gasteiger partial charge < -0.3 is 9.47 Å². The van der Waals surface area contributed by atoms with Crippen molar-refractivity contribution in [3.63, 3.8) is 0 Å². The zero-order chi connectivity index (χ0) is 10.7. The van der Waals surface area contributed by atoms with Crippen molar-refractivity contribution in [1.82, 2.24) is 9.80 Å². The standard InChI is InChI=1S/C7H10N2O4S/c1-12-6(10)8-3-4-9(5(8)14)7(11)13-2/h3-4H2,1-2H3. The molecule has 1 heterocycles. The van der Waals surface area contributed by atoms with Crippen molar-refractivity contribution < 1.29 is 19.1 Å². The van der Waals surface area contributed by atoms with Gasteiger partial charge in [0.25, 0.3) is 0 Å². The van der Waals surface area contributed by atoms with E-state index in [2.05, 4.69) is 9.47 Å². The summed E-state index contributed by atoms with van der Waals surface area (Å²) in [6.07, 6.45) is -1.14. The topological polar surface area (TPSA) is 59.1 Å². The van der Waals surface area contributed by atoms with Crippen molar-refractivity contribution in [2.75, 3.05) is 27.3 Å². The summed E-state index contributed by atoms with van der Waals surface area (Å²) in [5.41, 5.74) is 0. The third-order valence-electron chi connectivity index (χ3n) is 1.80. The number of ether oxygens (including phenoxy) is 2. The molecule has 1 fully saturated rings. The number of hydrogen-bond acceptors (Lipinski definition) is 5. The van der Waals surface area contributed by atoms with Crippen molar-refractivity contribution in [3.8, 4) is 0 Å². The second-order valence-electron chi connectivity index (χ2n) is 2.53. The van der Waals surface area contributed by atoms with Crippen LogP contribution in [0.3, 0.4) is 0 Å². The van der Waals surface area contributed by atoms with Crippen LogP contribution in [0.4, 0.5) is 9.59 Å². The van der Waals surface area contributed by atoms with Crippen molar-refractivity contribution in [2.45, 2.75) is 0 Å². The van der Waals surface area contributed by atoms with Crippen LogP contribution in [0, 0.1) is 0 Å². The van der Waals surface area contributed by atoms with E-state index in [0.717, 1.165) is 0 Å². The van der Waals surface area contributed by atoms with E-state index in [9.17, 15) is 9.59 Å². The molecular weight excluding hydrogens is 208 g/mol. The average Bonchev–Trinajstić information content (AvgIpc) is 2.58. The maximum absolute atomic E-state index is 11.1. The fourth-order valence-corrected chi connectivity index (χ4v) is 1.43. The maximum atomic E-state index is 11.1. The van der Waals surface area contributed by atoms with Gasteiger partial charge in [-0.1, -0.05) is 0 Å². The Balaban J connectivity index is 2.69. The van der Waals surface area contributed by atoms with E-state index in [4.69, 9.17) is 12.2 Å². The molecule has 1 aliphatic rings. The molecule has 0 spiro atoms. The molecule has 1 rings (SSSR count). The largest absolute Gasteiger partial charge is 0.452 e. The highest BCUT2D eigenvalue weighted by Crippen LogP contribution is 2.11. The van der Waals surface area contributed by atoms with Gasteiger partial charge in [0.2, 0.25) is 0 Å². The number of carbonyl (C=O) groups is 2. The van der Waals surface area contributed by atoms with Crippen LogP contribution in [0.5, 0.6) is 0 Å². The molecule has 0 saturated carbocycles. The monoisotopic (exact) mass is 218 g/mol. The predicted molar refractivity (Wildman–Crippen MR) is 50.8 cm³/mol. The minimum atomic E-state index is -0.568. The fourth-order valence-electron chi connectivity index (χ4n) is 1.10. The third-order valence-corrected chi connectivity index (χ3v) is 2.24. The van der Waals surface area contributed by atoms with Crippen LogP contribution >= 0.6 is 12.2 Å². The first-order valence-electron chi connectivity index (χ1n) is 3.86. The Kier molecular flexibility index (Phi) is 3.23. The lowest BCUT2D eigenvalue weighted by Crippen LogP contribution is -2.38. The quantitative estimate of drug-likeness (QED) is 0.551. The van der Waals surface area contributed by atoms with Gasteiger partial charge >= 0.3 is 12.2 Å². The number of methoxy groups -OCH3 is 2. The lowest BCUT2D eigenvalue weighted by Gasteiger charge is -2.16. The highest BCUT2D eigenvalue weighted by Gasteiger charge is 2.34. The van der Waals surface area contributed by atoms with Gasteiger partial charge in [0.1, 0.15) is 0 Å². The van der Waals surface area contributed by atoms with Crippen LogP contribution < -0.4 is 0 Å². The van der Waals surface area contributed by atoms with Gasteiger partial charge in [-0.15, -0.1) is 0 Å². The predicted octanol–water partition coefficient (Wildman–Crippen LogP) is 0.422. The van der Waals surface area contributed by atoms with Crippen molar-refractivity contribution in [2.24, 2.45) is 0 Å². The maximum Gasteiger partial charge on any atom is 0.415 e. The smallest absolute Gasteiger partial charge is 0.415 e. The number of hydrogen-bond donors (Lipinski definition) is 0. The van der Waals surface area contributed by atoms with Crippen LogP contribution in [0.15, 0.2) is 0 Å². The van der Waals surface area contributed by atoms with Gasteiger partial charge in [0.15, 0.2) is 5.11 Å². The molecule has 0 aromatic carbocycles. The van der Waals surface area contributed by atoms with Gasteiger partial charge in [-0.25, -0.2) is 9.59 Å². The summed E-state index contributed by atoms with van der Waals surface area (Å²) in [4.78, 5) is 24.6. The molecule has 0 aromatic rings. The van der Waals surface area contributed by atoms with E-state index < -0.39 is 12.2 Å². The zero-order valence-electron chi connectivity index (χ0n) is 7.85. The van der Waals surface area contributed by atoms with Crippen LogP contribution in [-0.4, -0.2) is 54.4 Å². The van der Waals surface area contributed by atoms with E-state index in [1.165, 1.54) is 24.0 Å². The van der Waals surface area contributed by atoms with Crippen molar-refractivity contribution in [3.05, 3.63) is 0 Å². The Hall–Kier alpha value is -1.37. The summed E-state index contributed by atoms with van der Waals surface area (Å²) in [6.45, 7) is 0.668. The van der Waals surface area contributed by atoms with Gasteiger partial charge in [-0.05, 0) is 12.2 Å². The molecule has 0 radical (unpaired) electrons. The molecular formula is C7H10N2O4S. The molecule has 14 heavy (non-hydrogen) atoms. The molecule has 0 atom stereocenters. The van der Waals surface area contributed by atoms with Crippen LogP contribution in [0.2, 0.25) is 0 Å². The SMILES string of the molecule is COC(=O)N1CCN(C(=O)OC)C1=S. The van der Waals surface area contributed by atoms with E-state index in [-0.39, 0.29) is 5.11 Å². The summed E-state index contributed by atoms with van der Waals surface area (Å²) in [7, 11) is 2.51. The molecule has 0 unspecified atom stereocenters. The molecule has 7 heteroatoms. The summed E-state index contributed by atoms with van der Waals surface area (Å²) in [5.74, 6) is 0. The molecule has 0 aliphatic carbocycles. The highest BCUT2D eigenvalue weighted by atomic mass is 32.1. The van der Waals surface area contributed by atoms with Gasteiger partial charge in [0, 0.05) is 13.1 Å².